The lowest BCUT2D eigenvalue weighted by Crippen LogP contribution is -2.33. The number of aliphatic hydroxyl groups is 1. The van der Waals surface area contributed by atoms with Gasteiger partial charge in [-0.05, 0) is 43.0 Å². The summed E-state index contributed by atoms with van der Waals surface area (Å²) >= 11 is 12.0. The maximum absolute atomic E-state index is 10.1. The van der Waals surface area contributed by atoms with Gasteiger partial charge in [0, 0.05) is 5.92 Å². The number of hydrogen-bond donors (Lipinski definition) is 2. The van der Waals surface area contributed by atoms with Gasteiger partial charge in [0.15, 0.2) is 0 Å². The molecule has 1 aliphatic carbocycles. The van der Waals surface area contributed by atoms with Crippen molar-refractivity contribution >= 4 is 23.2 Å². The molecule has 1 aromatic rings. The van der Waals surface area contributed by atoms with Crippen molar-refractivity contribution in [2.75, 3.05) is 6.54 Å². The molecule has 1 aliphatic rings. The zero-order valence-corrected chi connectivity index (χ0v) is 11.8. The third kappa shape index (κ3) is 3.00. The SMILES string of the molecule is NC[C@@H](c1ccc(Cl)c(Cl)c1)[C@@H]1CCCC[C@@H]1O. The van der Waals surface area contributed by atoms with Gasteiger partial charge in [0.1, 0.15) is 0 Å². The van der Waals surface area contributed by atoms with Gasteiger partial charge >= 0.3 is 0 Å². The van der Waals surface area contributed by atoms with E-state index in [1.54, 1.807) is 6.07 Å². The largest absolute Gasteiger partial charge is 0.393 e. The topological polar surface area (TPSA) is 46.2 Å². The monoisotopic (exact) mass is 287 g/mol. The van der Waals surface area contributed by atoms with Crippen LogP contribution in [0, 0.1) is 5.92 Å². The molecule has 2 rings (SSSR count). The number of benzene rings is 1. The van der Waals surface area contributed by atoms with Crippen molar-refractivity contribution in [2.45, 2.75) is 37.7 Å². The van der Waals surface area contributed by atoms with E-state index in [0.717, 1.165) is 24.8 Å². The van der Waals surface area contributed by atoms with Crippen LogP contribution in [0.5, 0.6) is 0 Å². The van der Waals surface area contributed by atoms with E-state index in [9.17, 15) is 5.11 Å². The van der Waals surface area contributed by atoms with Gasteiger partial charge in [-0.25, -0.2) is 0 Å². The molecule has 0 unspecified atom stereocenters. The molecule has 0 aromatic heterocycles. The molecule has 0 spiro atoms. The van der Waals surface area contributed by atoms with Crippen molar-refractivity contribution in [3.8, 4) is 0 Å². The summed E-state index contributed by atoms with van der Waals surface area (Å²) < 4.78 is 0. The van der Waals surface area contributed by atoms with Crippen LogP contribution in [0.2, 0.25) is 10.0 Å². The molecule has 1 saturated carbocycles. The Labute approximate surface area is 118 Å². The van der Waals surface area contributed by atoms with Gasteiger partial charge in [-0.3, -0.25) is 0 Å². The zero-order chi connectivity index (χ0) is 13.1. The Morgan fingerprint density at radius 3 is 2.56 bits per heavy atom. The van der Waals surface area contributed by atoms with E-state index in [4.69, 9.17) is 28.9 Å². The fourth-order valence-electron chi connectivity index (χ4n) is 2.91. The molecule has 0 bridgehead atoms. The lowest BCUT2D eigenvalue weighted by Gasteiger charge is -2.34. The highest BCUT2D eigenvalue weighted by atomic mass is 35.5. The van der Waals surface area contributed by atoms with Crippen molar-refractivity contribution in [3.63, 3.8) is 0 Å². The summed E-state index contributed by atoms with van der Waals surface area (Å²) in [5, 5.41) is 11.3. The Balaban J connectivity index is 2.23. The molecule has 100 valence electrons. The average molecular weight is 288 g/mol. The number of aliphatic hydroxyl groups excluding tert-OH is 1. The maximum Gasteiger partial charge on any atom is 0.0595 e. The van der Waals surface area contributed by atoms with Crippen LogP contribution in [-0.4, -0.2) is 17.8 Å². The van der Waals surface area contributed by atoms with Crippen LogP contribution in [0.25, 0.3) is 0 Å². The van der Waals surface area contributed by atoms with Crippen LogP contribution in [0.15, 0.2) is 18.2 Å². The minimum atomic E-state index is -0.248. The lowest BCUT2D eigenvalue weighted by molar-refractivity contribution is 0.0561. The van der Waals surface area contributed by atoms with E-state index in [-0.39, 0.29) is 17.9 Å². The highest BCUT2D eigenvalue weighted by Gasteiger charge is 2.30. The Morgan fingerprint density at radius 2 is 1.94 bits per heavy atom. The van der Waals surface area contributed by atoms with Crippen molar-refractivity contribution in [1.82, 2.24) is 0 Å². The summed E-state index contributed by atoms with van der Waals surface area (Å²) in [5.41, 5.74) is 6.98. The van der Waals surface area contributed by atoms with Gasteiger partial charge in [-0.2, -0.15) is 0 Å². The summed E-state index contributed by atoms with van der Waals surface area (Å²) in [4.78, 5) is 0. The molecule has 1 aromatic carbocycles. The molecule has 0 heterocycles. The summed E-state index contributed by atoms with van der Waals surface area (Å²) in [7, 11) is 0. The second-order valence-corrected chi connectivity index (χ2v) is 5.85. The molecule has 2 nitrogen and oxygen atoms in total. The van der Waals surface area contributed by atoms with E-state index in [1.165, 1.54) is 6.42 Å². The summed E-state index contributed by atoms with van der Waals surface area (Å²) in [6.07, 6.45) is 3.93. The maximum atomic E-state index is 10.1. The predicted molar refractivity (Wildman–Crippen MR) is 76.2 cm³/mol. The number of rotatable bonds is 3. The predicted octanol–water partition coefficient (Wildman–Crippen LogP) is 3.59. The van der Waals surface area contributed by atoms with Crippen LogP contribution in [-0.2, 0) is 0 Å². The lowest BCUT2D eigenvalue weighted by atomic mass is 9.75. The smallest absolute Gasteiger partial charge is 0.0595 e. The van der Waals surface area contributed by atoms with Crippen LogP contribution < -0.4 is 5.73 Å². The van der Waals surface area contributed by atoms with Gasteiger partial charge in [0.05, 0.1) is 16.1 Å². The third-order valence-corrected chi connectivity index (χ3v) is 4.66. The molecule has 0 aliphatic heterocycles. The second-order valence-electron chi connectivity index (χ2n) is 5.03. The average Bonchev–Trinajstić information content (AvgIpc) is 2.37. The highest BCUT2D eigenvalue weighted by Crippen LogP contribution is 2.37. The second kappa shape index (κ2) is 6.25. The Hall–Kier alpha value is -0.280. The summed E-state index contributed by atoms with van der Waals surface area (Å²) in [6.45, 7) is 0.527. The molecule has 3 atom stereocenters. The van der Waals surface area contributed by atoms with Crippen molar-refractivity contribution in [2.24, 2.45) is 11.7 Å². The minimum Gasteiger partial charge on any atom is -0.393 e. The molecule has 0 amide bonds. The Bertz CT molecular complexity index is 411. The fraction of sp³-hybridized carbons (Fsp3) is 0.571. The first-order valence-electron chi connectivity index (χ1n) is 6.46. The van der Waals surface area contributed by atoms with Crippen LogP contribution in [0.3, 0.4) is 0 Å². The van der Waals surface area contributed by atoms with Crippen LogP contribution in [0.1, 0.15) is 37.2 Å². The zero-order valence-electron chi connectivity index (χ0n) is 10.3. The third-order valence-electron chi connectivity index (χ3n) is 3.92. The molecular weight excluding hydrogens is 269 g/mol. The molecule has 0 saturated heterocycles. The van der Waals surface area contributed by atoms with Crippen molar-refractivity contribution in [3.05, 3.63) is 33.8 Å². The number of nitrogens with two attached hydrogens (primary N) is 1. The minimum absolute atomic E-state index is 0.162. The van der Waals surface area contributed by atoms with E-state index >= 15 is 0 Å². The summed E-state index contributed by atoms with van der Waals surface area (Å²) in [5.74, 6) is 0.399. The van der Waals surface area contributed by atoms with Gasteiger partial charge in [-0.15, -0.1) is 0 Å². The standard InChI is InChI=1S/C14H19Cl2NO/c15-12-6-5-9(7-13(12)16)11(8-17)10-3-1-2-4-14(10)18/h5-7,10-11,14,18H,1-4,8,17H2/t10-,11-,14-/m0/s1. The van der Waals surface area contributed by atoms with Crippen molar-refractivity contribution in [1.29, 1.82) is 0 Å². The quantitative estimate of drug-likeness (QED) is 0.893. The fourth-order valence-corrected chi connectivity index (χ4v) is 3.22. The molecule has 18 heavy (non-hydrogen) atoms. The van der Waals surface area contributed by atoms with E-state index in [2.05, 4.69) is 0 Å². The van der Waals surface area contributed by atoms with Gasteiger partial charge in [0.25, 0.3) is 0 Å². The Morgan fingerprint density at radius 1 is 1.22 bits per heavy atom. The first kappa shape index (κ1) is 14.1. The molecule has 0 radical (unpaired) electrons. The van der Waals surface area contributed by atoms with E-state index < -0.39 is 0 Å². The van der Waals surface area contributed by atoms with Crippen molar-refractivity contribution < 1.29 is 5.11 Å². The van der Waals surface area contributed by atoms with Crippen LogP contribution in [0.4, 0.5) is 0 Å². The summed E-state index contributed by atoms with van der Waals surface area (Å²) in [6, 6.07) is 5.65. The highest BCUT2D eigenvalue weighted by molar-refractivity contribution is 6.42. The Kier molecular flexibility index (Phi) is 4.91. The normalized spacial score (nSPS) is 26.0. The number of hydrogen-bond acceptors (Lipinski definition) is 2. The van der Waals surface area contributed by atoms with Gasteiger partial charge in [-0.1, -0.05) is 42.1 Å². The van der Waals surface area contributed by atoms with Gasteiger partial charge in [0.2, 0.25) is 0 Å². The first-order chi connectivity index (χ1) is 8.63. The molecular formula is C14H19Cl2NO. The number of halogens is 2. The first-order valence-corrected chi connectivity index (χ1v) is 7.22. The molecule has 3 N–H and O–H groups in total. The van der Waals surface area contributed by atoms with E-state index in [1.807, 2.05) is 12.1 Å². The van der Waals surface area contributed by atoms with Gasteiger partial charge < -0.3 is 10.8 Å². The molecule has 4 heteroatoms. The molecule has 1 fully saturated rings. The van der Waals surface area contributed by atoms with Crippen LogP contribution >= 0.6 is 23.2 Å². The van der Waals surface area contributed by atoms with E-state index in [0.29, 0.717) is 16.6 Å².